The lowest BCUT2D eigenvalue weighted by Crippen LogP contribution is -2.51. The van der Waals surface area contributed by atoms with Crippen molar-refractivity contribution in [2.24, 2.45) is 5.73 Å². The van der Waals surface area contributed by atoms with Crippen molar-refractivity contribution in [3.05, 3.63) is 24.3 Å². The van der Waals surface area contributed by atoms with Gasteiger partial charge in [0.25, 0.3) is 0 Å². The van der Waals surface area contributed by atoms with E-state index in [-0.39, 0.29) is 24.9 Å². The van der Waals surface area contributed by atoms with Crippen LogP contribution in [0.25, 0.3) is 0 Å². The normalized spacial score (nSPS) is 14.3. The molecule has 0 radical (unpaired) electrons. The summed E-state index contributed by atoms with van der Waals surface area (Å²) in [5.74, 6) is -0.566. The first-order chi connectivity index (χ1) is 23.8. The van der Waals surface area contributed by atoms with Crippen molar-refractivity contribution in [2.45, 2.75) is 232 Å². The van der Waals surface area contributed by atoms with Gasteiger partial charge in [0.05, 0.1) is 0 Å². The molecule has 3 N–H and O–H groups in total. The monoisotopic (exact) mass is 692 g/mol. The van der Waals surface area contributed by atoms with Crippen LogP contribution in [0.15, 0.2) is 24.3 Å². The van der Waals surface area contributed by atoms with Gasteiger partial charge in [0.15, 0.2) is 0 Å². The van der Waals surface area contributed by atoms with Crippen molar-refractivity contribution in [2.75, 3.05) is 6.54 Å². The number of ether oxygens (including phenoxy) is 2. The first-order valence-corrected chi connectivity index (χ1v) is 20.9. The fourth-order valence-electron chi connectivity index (χ4n) is 6.28. The van der Waals surface area contributed by atoms with Crippen LogP contribution in [0.4, 0.5) is 0 Å². The quantitative estimate of drug-likeness (QED) is 0.0385. The number of carbonyl (C=O) groups is 2. The minimum absolute atomic E-state index is 0.0784. The van der Waals surface area contributed by atoms with Crippen molar-refractivity contribution >= 4 is 11.9 Å². The molecule has 0 bridgehead atoms. The maximum absolute atomic E-state index is 12.5. The van der Waals surface area contributed by atoms with Crippen molar-refractivity contribution in [1.29, 1.82) is 0 Å². The minimum Gasteiger partial charge on any atom is -0.463 e. The summed E-state index contributed by atoms with van der Waals surface area (Å²) in [4.78, 5) is 24.9. The Labute approximate surface area is 303 Å². The Bertz CT molecular complexity index is 812. The first kappa shape index (κ1) is 47.3. The molecule has 0 aromatic carbocycles. The van der Waals surface area contributed by atoms with Gasteiger partial charge in [0.1, 0.15) is 17.8 Å². The van der Waals surface area contributed by atoms with Gasteiger partial charge < -0.3 is 20.3 Å². The number of rotatable bonds is 36. The second-order valence-corrected chi connectivity index (χ2v) is 14.6. The van der Waals surface area contributed by atoms with Gasteiger partial charge in [0, 0.05) is 25.8 Å². The Morgan fingerprint density at radius 1 is 0.551 bits per heavy atom. The predicted octanol–water partition coefficient (Wildman–Crippen LogP) is 12.0. The van der Waals surface area contributed by atoms with Gasteiger partial charge in [-0.25, -0.2) is 0 Å². The second-order valence-electron chi connectivity index (χ2n) is 14.6. The van der Waals surface area contributed by atoms with Crippen LogP contribution in [0.5, 0.6) is 0 Å². The van der Waals surface area contributed by atoms with E-state index in [1.54, 1.807) is 13.8 Å². The average molecular weight is 692 g/mol. The van der Waals surface area contributed by atoms with E-state index in [9.17, 15) is 14.7 Å². The molecule has 6 nitrogen and oxygen atoms in total. The number of aliphatic hydroxyl groups is 1. The summed E-state index contributed by atoms with van der Waals surface area (Å²) in [6.45, 7) is 7.87. The third kappa shape index (κ3) is 30.9. The summed E-state index contributed by atoms with van der Waals surface area (Å²) in [5, 5.41) is 11.1. The van der Waals surface area contributed by atoms with E-state index in [4.69, 9.17) is 15.2 Å². The topological polar surface area (TPSA) is 98.8 Å². The van der Waals surface area contributed by atoms with Crippen molar-refractivity contribution in [3.63, 3.8) is 0 Å². The number of allylic oxidation sites excluding steroid dienone is 4. The van der Waals surface area contributed by atoms with Crippen LogP contribution in [0, 0.1) is 0 Å². The number of unbranched alkanes of at least 4 members (excludes halogenated alkanes) is 22. The average Bonchev–Trinajstić information content (AvgIpc) is 3.08. The van der Waals surface area contributed by atoms with Crippen molar-refractivity contribution in [3.8, 4) is 0 Å². The minimum atomic E-state index is -1.44. The lowest BCUT2D eigenvalue weighted by Gasteiger charge is -2.34. The highest BCUT2D eigenvalue weighted by molar-refractivity contribution is 5.70. The number of carbonyl (C=O) groups excluding carboxylic acids is 2. The smallest absolute Gasteiger partial charge is 0.306 e. The summed E-state index contributed by atoms with van der Waals surface area (Å²) >= 11 is 0. The Morgan fingerprint density at radius 3 is 1.24 bits per heavy atom. The van der Waals surface area contributed by atoms with Gasteiger partial charge in [-0.3, -0.25) is 9.59 Å². The maximum atomic E-state index is 12.5. The third-order valence-corrected chi connectivity index (χ3v) is 9.68. The second kappa shape index (κ2) is 34.8. The van der Waals surface area contributed by atoms with E-state index in [2.05, 4.69) is 38.2 Å². The molecular weight excluding hydrogens is 610 g/mol. The summed E-state index contributed by atoms with van der Waals surface area (Å²) in [6.07, 6.45) is 40.3. The van der Waals surface area contributed by atoms with Crippen LogP contribution in [0.2, 0.25) is 0 Å². The van der Waals surface area contributed by atoms with E-state index in [0.717, 1.165) is 51.4 Å². The molecule has 0 amide bonds. The lowest BCUT2D eigenvalue weighted by molar-refractivity contribution is -0.170. The van der Waals surface area contributed by atoms with E-state index in [1.165, 1.54) is 116 Å². The number of hydrogen-bond donors (Lipinski definition) is 2. The third-order valence-electron chi connectivity index (χ3n) is 9.68. The Balaban J connectivity index is 3.92. The zero-order valence-corrected chi connectivity index (χ0v) is 32.8. The van der Waals surface area contributed by atoms with Gasteiger partial charge in [0.2, 0.25) is 0 Å². The molecule has 0 aliphatic carbocycles. The standard InChI is InChI=1S/C43H81NO5/c1-5-7-9-11-13-15-17-19-21-23-25-27-29-31-33-35-41(45)48-39(3)37-43(47,38-44)40(4)49-42(46)36-34-32-30-28-26-24-22-20-18-16-14-12-10-8-6-2/h19-22,39-40,47H,5-18,23-38,44H2,1-4H3. The van der Waals surface area contributed by atoms with Crippen LogP contribution in [-0.2, 0) is 19.1 Å². The molecular formula is C43H81NO5. The molecule has 49 heavy (non-hydrogen) atoms. The van der Waals surface area contributed by atoms with Crippen molar-refractivity contribution < 1.29 is 24.2 Å². The predicted molar refractivity (Wildman–Crippen MR) is 209 cm³/mol. The molecule has 6 heteroatoms. The van der Waals surface area contributed by atoms with Crippen LogP contribution in [0.3, 0.4) is 0 Å². The van der Waals surface area contributed by atoms with Gasteiger partial charge >= 0.3 is 11.9 Å². The van der Waals surface area contributed by atoms with Gasteiger partial charge in [-0.1, -0.05) is 141 Å². The lowest BCUT2D eigenvalue weighted by atomic mass is 9.91. The van der Waals surface area contributed by atoms with Crippen LogP contribution < -0.4 is 5.73 Å². The molecule has 3 atom stereocenters. The molecule has 0 saturated heterocycles. The fourth-order valence-corrected chi connectivity index (χ4v) is 6.28. The van der Waals surface area contributed by atoms with Crippen LogP contribution >= 0.6 is 0 Å². The molecule has 0 spiro atoms. The molecule has 3 unspecified atom stereocenters. The molecule has 0 fully saturated rings. The molecule has 0 aliphatic rings. The van der Waals surface area contributed by atoms with E-state index >= 15 is 0 Å². The molecule has 288 valence electrons. The van der Waals surface area contributed by atoms with E-state index in [1.807, 2.05) is 0 Å². The van der Waals surface area contributed by atoms with Gasteiger partial charge in [-0.2, -0.15) is 0 Å². The highest BCUT2D eigenvalue weighted by Gasteiger charge is 2.37. The molecule has 0 heterocycles. The molecule has 0 aromatic heterocycles. The molecule has 0 aromatic rings. The Morgan fingerprint density at radius 2 is 0.878 bits per heavy atom. The summed E-state index contributed by atoms with van der Waals surface area (Å²) in [5.41, 5.74) is 4.46. The first-order valence-electron chi connectivity index (χ1n) is 20.9. The molecule has 0 aliphatic heterocycles. The van der Waals surface area contributed by atoms with Crippen LogP contribution in [0.1, 0.15) is 214 Å². The fraction of sp³-hybridized carbons (Fsp3) is 0.860. The highest BCUT2D eigenvalue weighted by Crippen LogP contribution is 2.22. The van der Waals surface area contributed by atoms with E-state index < -0.39 is 17.8 Å². The Kier molecular flexibility index (Phi) is 33.6. The number of nitrogens with two attached hydrogens (primary N) is 1. The number of hydrogen-bond acceptors (Lipinski definition) is 6. The maximum Gasteiger partial charge on any atom is 0.306 e. The van der Waals surface area contributed by atoms with Crippen LogP contribution in [-0.4, -0.2) is 41.4 Å². The van der Waals surface area contributed by atoms with Gasteiger partial charge in [-0.15, -0.1) is 0 Å². The summed E-state index contributed by atoms with van der Waals surface area (Å²) in [7, 11) is 0. The van der Waals surface area contributed by atoms with E-state index in [0.29, 0.717) is 12.8 Å². The SMILES string of the molecule is CCCCCCCCC=CCCCCCCCC(=O)OC(C)CC(O)(CN)C(C)OC(=O)CCCCCCCC=CCCCCCCCC. The van der Waals surface area contributed by atoms with Crippen molar-refractivity contribution in [1.82, 2.24) is 0 Å². The number of esters is 2. The molecule has 0 saturated carbocycles. The highest BCUT2D eigenvalue weighted by atomic mass is 16.6. The summed E-state index contributed by atoms with van der Waals surface area (Å²) < 4.78 is 11.1. The Hall–Kier alpha value is -1.66. The zero-order valence-electron chi connectivity index (χ0n) is 32.8. The summed E-state index contributed by atoms with van der Waals surface area (Å²) in [6, 6.07) is 0. The largest absolute Gasteiger partial charge is 0.463 e. The zero-order chi connectivity index (χ0) is 36.3. The molecule has 0 rings (SSSR count). The van der Waals surface area contributed by atoms with Gasteiger partial charge in [-0.05, 0) is 78.1 Å².